The van der Waals surface area contributed by atoms with E-state index in [9.17, 15) is 0 Å². The molecular weight excluding hydrogens is 122 g/mol. The van der Waals surface area contributed by atoms with Crippen LogP contribution >= 0.6 is 0 Å². The van der Waals surface area contributed by atoms with Crippen molar-refractivity contribution in [2.45, 2.75) is 59.4 Å². The van der Waals surface area contributed by atoms with Crippen molar-refractivity contribution < 1.29 is 0 Å². The molecule has 0 bridgehead atoms. The zero-order valence-electron chi connectivity index (χ0n) is 8.20. The van der Waals surface area contributed by atoms with Crippen LogP contribution in [-0.2, 0) is 0 Å². The number of hydrogen-bond acceptors (Lipinski definition) is 1. The summed E-state index contributed by atoms with van der Waals surface area (Å²) in [6, 6.07) is 0. The van der Waals surface area contributed by atoms with Gasteiger partial charge in [0, 0.05) is 5.54 Å². The second-order valence-corrected chi connectivity index (χ2v) is 2.76. The van der Waals surface area contributed by atoms with E-state index >= 15 is 0 Å². The summed E-state index contributed by atoms with van der Waals surface area (Å²) in [6.45, 7) is 10.4. The van der Waals surface area contributed by atoms with E-state index in [1.807, 2.05) is 13.8 Å². The molecule has 0 heterocycles. The molecule has 1 unspecified atom stereocenters. The topological polar surface area (TPSA) is 26.0 Å². The third-order valence-electron chi connectivity index (χ3n) is 1.63. The van der Waals surface area contributed by atoms with Gasteiger partial charge in [0.2, 0.25) is 0 Å². The molecule has 0 amide bonds. The Morgan fingerprint density at radius 2 is 1.60 bits per heavy atom. The molecule has 1 nitrogen and oxygen atoms in total. The van der Waals surface area contributed by atoms with Gasteiger partial charge in [0.05, 0.1) is 0 Å². The maximum atomic E-state index is 5.83. The monoisotopic (exact) mass is 145 g/mol. The van der Waals surface area contributed by atoms with Gasteiger partial charge in [-0.25, -0.2) is 0 Å². The van der Waals surface area contributed by atoms with E-state index in [-0.39, 0.29) is 5.54 Å². The summed E-state index contributed by atoms with van der Waals surface area (Å²) in [4.78, 5) is 0. The summed E-state index contributed by atoms with van der Waals surface area (Å²) < 4.78 is 0. The molecule has 0 rings (SSSR count). The number of rotatable bonds is 3. The fourth-order valence-electron chi connectivity index (χ4n) is 0.748. The average Bonchev–Trinajstić information content (AvgIpc) is 1.93. The number of nitrogens with two attached hydrogens (primary N) is 1. The second-order valence-electron chi connectivity index (χ2n) is 2.76. The highest BCUT2D eigenvalue weighted by Gasteiger charge is 2.12. The predicted octanol–water partition coefficient (Wildman–Crippen LogP) is 2.94. The molecule has 10 heavy (non-hydrogen) atoms. The van der Waals surface area contributed by atoms with Crippen LogP contribution in [0.1, 0.15) is 53.9 Å². The third kappa shape index (κ3) is 7.96. The summed E-state index contributed by atoms with van der Waals surface area (Å²) in [6.07, 6.45) is 3.42. The molecule has 0 spiro atoms. The van der Waals surface area contributed by atoms with E-state index in [0.29, 0.717) is 0 Å². The van der Waals surface area contributed by atoms with Gasteiger partial charge in [-0.2, -0.15) is 0 Å². The Kier molecular flexibility index (Phi) is 8.92. The number of hydrogen-bond donors (Lipinski definition) is 1. The van der Waals surface area contributed by atoms with Crippen LogP contribution in [0.5, 0.6) is 0 Å². The van der Waals surface area contributed by atoms with Crippen LogP contribution in [0, 0.1) is 0 Å². The van der Waals surface area contributed by atoms with Crippen molar-refractivity contribution in [1.29, 1.82) is 0 Å². The zero-order valence-corrected chi connectivity index (χ0v) is 8.20. The molecule has 1 atom stereocenters. The summed E-state index contributed by atoms with van der Waals surface area (Å²) in [5, 5.41) is 0. The molecular formula is C9H23N. The van der Waals surface area contributed by atoms with Gasteiger partial charge in [-0.1, -0.05) is 34.1 Å². The predicted molar refractivity (Wildman–Crippen MR) is 49.1 cm³/mol. The van der Waals surface area contributed by atoms with Crippen molar-refractivity contribution in [2.24, 2.45) is 5.73 Å². The smallest absolute Gasteiger partial charge is 0.0123 e. The normalized spacial score (nSPS) is 15.0. The van der Waals surface area contributed by atoms with Crippen molar-refractivity contribution in [2.75, 3.05) is 0 Å². The molecule has 0 aliphatic heterocycles. The molecule has 0 saturated carbocycles. The van der Waals surface area contributed by atoms with E-state index in [1.54, 1.807) is 0 Å². The van der Waals surface area contributed by atoms with E-state index in [4.69, 9.17) is 5.73 Å². The van der Waals surface area contributed by atoms with Crippen LogP contribution in [-0.4, -0.2) is 5.54 Å². The highest BCUT2D eigenvalue weighted by molar-refractivity contribution is 4.74. The maximum Gasteiger partial charge on any atom is 0.0123 e. The Bertz CT molecular complexity index is 57.7. The lowest BCUT2D eigenvalue weighted by Crippen LogP contribution is -2.34. The molecule has 64 valence electrons. The first-order chi connectivity index (χ1) is 4.62. The molecule has 1 heteroatoms. The molecule has 0 radical (unpaired) electrons. The first-order valence-corrected chi connectivity index (χ1v) is 4.41. The van der Waals surface area contributed by atoms with Gasteiger partial charge < -0.3 is 5.73 Å². The van der Waals surface area contributed by atoms with E-state index in [2.05, 4.69) is 20.8 Å². The van der Waals surface area contributed by atoms with E-state index in [0.717, 1.165) is 12.8 Å². The van der Waals surface area contributed by atoms with Gasteiger partial charge in [-0.3, -0.25) is 0 Å². The fourth-order valence-corrected chi connectivity index (χ4v) is 0.748. The molecule has 0 fully saturated rings. The Hall–Kier alpha value is -0.0400. The Labute approximate surface area is 66.0 Å². The zero-order chi connectivity index (χ0) is 8.62. The Morgan fingerprint density at radius 3 is 1.70 bits per heavy atom. The van der Waals surface area contributed by atoms with Gasteiger partial charge >= 0.3 is 0 Å². The second kappa shape index (κ2) is 7.07. The average molecular weight is 145 g/mol. The lowest BCUT2D eigenvalue weighted by molar-refractivity contribution is 0.414. The van der Waals surface area contributed by atoms with Gasteiger partial charge in [0.25, 0.3) is 0 Å². The van der Waals surface area contributed by atoms with Crippen molar-refractivity contribution in [1.82, 2.24) is 0 Å². The lowest BCUT2D eigenvalue weighted by Gasteiger charge is -2.20. The van der Waals surface area contributed by atoms with Crippen LogP contribution in [0.2, 0.25) is 0 Å². The molecule has 0 saturated heterocycles. The van der Waals surface area contributed by atoms with Gasteiger partial charge in [-0.15, -0.1) is 0 Å². The van der Waals surface area contributed by atoms with Gasteiger partial charge in [0.15, 0.2) is 0 Å². The van der Waals surface area contributed by atoms with E-state index in [1.165, 1.54) is 6.42 Å². The third-order valence-corrected chi connectivity index (χ3v) is 1.63. The SMILES string of the molecule is CC.CCCC(C)(N)CC. The fraction of sp³-hybridized carbons (Fsp3) is 1.00. The minimum absolute atomic E-state index is 0.0920. The van der Waals surface area contributed by atoms with Crippen molar-refractivity contribution >= 4 is 0 Å². The van der Waals surface area contributed by atoms with Crippen molar-refractivity contribution in [3.63, 3.8) is 0 Å². The van der Waals surface area contributed by atoms with Crippen LogP contribution in [0.3, 0.4) is 0 Å². The van der Waals surface area contributed by atoms with Crippen LogP contribution < -0.4 is 5.73 Å². The molecule has 0 aromatic heterocycles. The Morgan fingerprint density at radius 1 is 1.20 bits per heavy atom. The largest absolute Gasteiger partial charge is 0.325 e. The van der Waals surface area contributed by atoms with Crippen molar-refractivity contribution in [3.05, 3.63) is 0 Å². The van der Waals surface area contributed by atoms with Crippen LogP contribution in [0.25, 0.3) is 0 Å². The molecule has 2 N–H and O–H groups in total. The molecule has 0 aromatic carbocycles. The lowest BCUT2D eigenvalue weighted by atomic mass is 9.95. The highest BCUT2D eigenvalue weighted by Crippen LogP contribution is 2.11. The molecule has 0 aliphatic carbocycles. The standard InChI is InChI=1S/C7H17N.C2H6/c1-4-6-7(3,8)5-2;1-2/h4-6,8H2,1-3H3;1-2H3. The van der Waals surface area contributed by atoms with Crippen LogP contribution in [0.15, 0.2) is 0 Å². The van der Waals surface area contributed by atoms with Gasteiger partial charge in [0.1, 0.15) is 0 Å². The summed E-state index contributed by atoms with van der Waals surface area (Å²) in [5.74, 6) is 0. The highest BCUT2D eigenvalue weighted by atomic mass is 14.7. The minimum atomic E-state index is 0.0920. The van der Waals surface area contributed by atoms with Gasteiger partial charge in [-0.05, 0) is 19.8 Å². The summed E-state index contributed by atoms with van der Waals surface area (Å²) in [5.41, 5.74) is 5.92. The molecule has 0 aliphatic rings. The van der Waals surface area contributed by atoms with E-state index < -0.39 is 0 Å². The quantitative estimate of drug-likeness (QED) is 0.649. The Balaban J connectivity index is 0. The summed E-state index contributed by atoms with van der Waals surface area (Å²) >= 11 is 0. The summed E-state index contributed by atoms with van der Waals surface area (Å²) in [7, 11) is 0. The van der Waals surface area contributed by atoms with Crippen molar-refractivity contribution in [3.8, 4) is 0 Å². The van der Waals surface area contributed by atoms with Crippen LogP contribution in [0.4, 0.5) is 0 Å². The minimum Gasteiger partial charge on any atom is -0.325 e. The maximum absolute atomic E-state index is 5.83. The first-order valence-electron chi connectivity index (χ1n) is 4.41. The first kappa shape index (κ1) is 12.6. The molecule has 0 aromatic rings.